The third-order valence-electron chi connectivity index (χ3n) is 4.84. The number of fused-ring (bicyclic) bond motifs is 1. The zero-order valence-corrected chi connectivity index (χ0v) is 17.0. The molecule has 0 atom stereocenters. The molecule has 3 rings (SSSR count). The van der Waals surface area contributed by atoms with Crippen LogP contribution < -0.4 is 10.5 Å². The topological polar surface area (TPSA) is 91.8 Å². The Morgan fingerprint density at radius 1 is 1.17 bits per heavy atom. The van der Waals surface area contributed by atoms with Crippen molar-refractivity contribution in [2.45, 2.75) is 26.2 Å². The molecule has 0 aliphatic heterocycles. The number of halogens is 1. The number of ketones is 1. The number of nitrogens with two attached hydrogens (primary N) is 1. The minimum Gasteiger partial charge on any atom is -0.491 e. The van der Waals surface area contributed by atoms with Crippen molar-refractivity contribution in [1.29, 1.82) is 0 Å². The number of hydrogen-bond acceptors (Lipinski definition) is 5. The van der Waals surface area contributed by atoms with E-state index in [4.69, 9.17) is 19.6 Å². The molecule has 1 heterocycles. The van der Waals surface area contributed by atoms with E-state index in [1.807, 2.05) is 0 Å². The maximum atomic E-state index is 14.0. The van der Waals surface area contributed by atoms with Crippen molar-refractivity contribution in [1.82, 2.24) is 0 Å². The van der Waals surface area contributed by atoms with E-state index in [-0.39, 0.29) is 23.8 Å². The van der Waals surface area contributed by atoms with Crippen LogP contribution in [0.25, 0.3) is 11.0 Å². The molecule has 6 nitrogen and oxygen atoms in total. The predicted molar refractivity (Wildman–Crippen MR) is 111 cm³/mol. The highest BCUT2D eigenvalue weighted by Crippen LogP contribution is 2.29. The molecule has 0 unspecified atom stereocenters. The van der Waals surface area contributed by atoms with Crippen LogP contribution in [-0.4, -0.2) is 32.0 Å². The molecule has 7 heteroatoms. The SMILES string of the molecule is COCCOc1cccc(C(=O)CCCc2c(C(N)=O)oc3cc(C)c(F)cc23)c1. The van der Waals surface area contributed by atoms with E-state index in [0.717, 1.165) is 0 Å². The third kappa shape index (κ3) is 4.86. The molecule has 0 saturated heterocycles. The second kappa shape index (κ2) is 9.54. The normalized spacial score (nSPS) is 11.0. The lowest BCUT2D eigenvalue weighted by molar-refractivity contribution is 0.0972. The van der Waals surface area contributed by atoms with Crippen LogP contribution in [0.4, 0.5) is 4.39 Å². The van der Waals surface area contributed by atoms with E-state index in [1.165, 1.54) is 6.07 Å². The number of methoxy groups -OCH3 is 1. The molecule has 0 aliphatic rings. The zero-order valence-electron chi connectivity index (χ0n) is 17.0. The Balaban J connectivity index is 1.70. The van der Waals surface area contributed by atoms with Crippen molar-refractivity contribution in [3.63, 3.8) is 0 Å². The summed E-state index contributed by atoms with van der Waals surface area (Å²) in [6.07, 6.45) is 1.07. The number of hydrogen-bond donors (Lipinski definition) is 1. The van der Waals surface area contributed by atoms with Crippen LogP contribution in [0.5, 0.6) is 5.75 Å². The smallest absolute Gasteiger partial charge is 0.284 e. The van der Waals surface area contributed by atoms with Gasteiger partial charge in [-0.05, 0) is 49.6 Å². The molecule has 30 heavy (non-hydrogen) atoms. The molecule has 0 fully saturated rings. The van der Waals surface area contributed by atoms with Crippen LogP contribution >= 0.6 is 0 Å². The second-order valence-electron chi connectivity index (χ2n) is 7.02. The predicted octanol–water partition coefficient (Wildman–Crippen LogP) is 4.21. The first-order chi connectivity index (χ1) is 14.4. The fourth-order valence-corrected chi connectivity index (χ4v) is 3.29. The van der Waals surface area contributed by atoms with E-state index in [9.17, 15) is 14.0 Å². The molecule has 0 aliphatic carbocycles. The van der Waals surface area contributed by atoms with E-state index in [2.05, 4.69) is 0 Å². The van der Waals surface area contributed by atoms with Gasteiger partial charge in [-0.2, -0.15) is 0 Å². The number of amides is 1. The number of carbonyl (C=O) groups is 2. The highest BCUT2D eigenvalue weighted by atomic mass is 19.1. The molecule has 1 aromatic heterocycles. The highest BCUT2D eigenvalue weighted by molar-refractivity contribution is 5.99. The maximum absolute atomic E-state index is 14.0. The van der Waals surface area contributed by atoms with E-state index >= 15 is 0 Å². The first-order valence-electron chi connectivity index (χ1n) is 9.67. The van der Waals surface area contributed by atoms with Gasteiger partial charge in [-0.3, -0.25) is 9.59 Å². The minimum atomic E-state index is -0.716. The van der Waals surface area contributed by atoms with Crippen LogP contribution in [0.1, 0.15) is 44.9 Å². The molecule has 0 saturated carbocycles. The Labute approximate surface area is 173 Å². The number of Topliss-reactive ketones (excluding diaryl/α,β-unsaturated/α-hetero) is 1. The number of carbonyl (C=O) groups excluding carboxylic acids is 2. The summed E-state index contributed by atoms with van der Waals surface area (Å²) in [5.74, 6) is -0.548. The summed E-state index contributed by atoms with van der Waals surface area (Å²) in [6.45, 7) is 2.47. The van der Waals surface area contributed by atoms with Gasteiger partial charge >= 0.3 is 0 Å². The van der Waals surface area contributed by atoms with E-state index in [1.54, 1.807) is 44.4 Å². The van der Waals surface area contributed by atoms with Crippen molar-refractivity contribution in [2.75, 3.05) is 20.3 Å². The number of aryl methyl sites for hydroxylation is 2. The molecule has 0 bridgehead atoms. The van der Waals surface area contributed by atoms with Gasteiger partial charge in [0.05, 0.1) is 6.61 Å². The summed E-state index contributed by atoms with van der Waals surface area (Å²) < 4.78 is 30.1. The number of ether oxygens (including phenoxy) is 2. The lowest BCUT2D eigenvalue weighted by atomic mass is 9.99. The Morgan fingerprint density at radius 3 is 2.70 bits per heavy atom. The largest absolute Gasteiger partial charge is 0.491 e. The van der Waals surface area contributed by atoms with Gasteiger partial charge in [0.15, 0.2) is 11.5 Å². The van der Waals surface area contributed by atoms with Crippen LogP contribution in [0.15, 0.2) is 40.8 Å². The molecule has 2 N–H and O–H groups in total. The summed E-state index contributed by atoms with van der Waals surface area (Å²) in [4.78, 5) is 24.4. The molecule has 0 spiro atoms. The first-order valence-corrected chi connectivity index (χ1v) is 9.67. The highest BCUT2D eigenvalue weighted by Gasteiger charge is 2.20. The number of benzene rings is 2. The lowest BCUT2D eigenvalue weighted by Gasteiger charge is -2.07. The minimum absolute atomic E-state index is 0.0102. The molecule has 3 aromatic rings. The summed E-state index contributed by atoms with van der Waals surface area (Å²) in [6, 6.07) is 9.85. The molecule has 158 valence electrons. The van der Waals surface area contributed by atoms with E-state index in [0.29, 0.717) is 59.5 Å². The fraction of sp³-hybridized carbons (Fsp3) is 0.304. The van der Waals surface area contributed by atoms with Gasteiger partial charge in [0.25, 0.3) is 5.91 Å². The van der Waals surface area contributed by atoms with Crippen LogP contribution in [0.2, 0.25) is 0 Å². The third-order valence-corrected chi connectivity index (χ3v) is 4.84. The Hall–Kier alpha value is -3.19. The average molecular weight is 413 g/mol. The van der Waals surface area contributed by atoms with Gasteiger partial charge in [0.1, 0.15) is 23.8 Å². The van der Waals surface area contributed by atoms with Crippen molar-refractivity contribution in [3.05, 3.63) is 64.7 Å². The molecular formula is C23H24FNO5. The molecule has 1 amide bonds. The molecule has 2 aromatic carbocycles. The van der Waals surface area contributed by atoms with Crippen LogP contribution in [-0.2, 0) is 11.2 Å². The summed E-state index contributed by atoms with van der Waals surface area (Å²) >= 11 is 0. The van der Waals surface area contributed by atoms with Gasteiger partial charge in [0, 0.05) is 30.0 Å². The second-order valence-corrected chi connectivity index (χ2v) is 7.02. The number of furan rings is 1. The Kier molecular flexibility index (Phi) is 6.84. The van der Waals surface area contributed by atoms with Crippen molar-refractivity contribution in [2.24, 2.45) is 5.73 Å². The lowest BCUT2D eigenvalue weighted by Crippen LogP contribution is -2.12. The van der Waals surface area contributed by atoms with E-state index < -0.39 is 5.91 Å². The van der Waals surface area contributed by atoms with Crippen molar-refractivity contribution < 1.29 is 27.9 Å². The number of primary amides is 1. The van der Waals surface area contributed by atoms with Crippen LogP contribution in [0, 0.1) is 12.7 Å². The van der Waals surface area contributed by atoms with Gasteiger partial charge in [-0.15, -0.1) is 0 Å². The Bertz CT molecular complexity index is 1070. The summed E-state index contributed by atoms with van der Waals surface area (Å²) in [7, 11) is 1.59. The summed E-state index contributed by atoms with van der Waals surface area (Å²) in [5.41, 5.74) is 7.32. The maximum Gasteiger partial charge on any atom is 0.284 e. The fourth-order valence-electron chi connectivity index (χ4n) is 3.29. The molecule has 0 radical (unpaired) electrons. The van der Waals surface area contributed by atoms with Gasteiger partial charge < -0.3 is 19.6 Å². The first kappa shape index (κ1) is 21.5. The van der Waals surface area contributed by atoms with Gasteiger partial charge in [-0.1, -0.05) is 12.1 Å². The van der Waals surface area contributed by atoms with Gasteiger partial charge in [0.2, 0.25) is 0 Å². The number of rotatable bonds is 10. The van der Waals surface area contributed by atoms with Gasteiger partial charge in [-0.25, -0.2) is 4.39 Å². The average Bonchev–Trinajstić information content (AvgIpc) is 3.06. The zero-order chi connectivity index (χ0) is 21.7. The standard InChI is InChI=1S/C23H24FNO5/c1-14-11-21-18(13-19(14)24)17(22(30-21)23(25)27)7-4-8-20(26)15-5-3-6-16(12-15)29-10-9-28-2/h3,5-6,11-13H,4,7-10H2,1-2H3,(H2,25,27). The van der Waals surface area contributed by atoms with Crippen molar-refractivity contribution >= 4 is 22.7 Å². The quantitative estimate of drug-likeness (QED) is 0.397. The summed E-state index contributed by atoms with van der Waals surface area (Å²) in [5, 5.41) is 0.507. The van der Waals surface area contributed by atoms with Crippen LogP contribution in [0.3, 0.4) is 0 Å². The molecular weight excluding hydrogens is 389 g/mol. The monoisotopic (exact) mass is 413 g/mol. The Morgan fingerprint density at radius 2 is 1.97 bits per heavy atom. The van der Waals surface area contributed by atoms with Crippen molar-refractivity contribution in [3.8, 4) is 5.75 Å².